The van der Waals surface area contributed by atoms with Crippen molar-refractivity contribution in [3.8, 4) is 0 Å². The predicted octanol–water partition coefficient (Wildman–Crippen LogP) is 2.77. The second kappa shape index (κ2) is 7.36. The molecular weight excluding hydrogens is 298 g/mol. The van der Waals surface area contributed by atoms with Crippen molar-refractivity contribution >= 4 is 5.95 Å². The number of nitrogens with zero attached hydrogens (tertiary/aromatic N) is 5. The Kier molecular flexibility index (Phi) is 5.40. The highest BCUT2D eigenvalue weighted by atomic mass is 15.3. The normalized spacial score (nSPS) is 24.0. The summed E-state index contributed by atoms with van der Waals surface area (Å²) in [6, 6.07) is 0.690. The number of hydrogen-bond donors (Lipinski definition) is 0. The molecule has 0 N–H and O–H groups in total. The minimum absolute atomic E-state index is 0.409. The third-order valence-electron chi connectivity index (χ3n) is 6.09. The summed E-state index contributed by atoms with van der Waals surface area (Å²) in [5.41, 5.74) is 1.65. The summed E-state index contributed by atoms with van der Waals surface area (Å²) in [4.78, 5) is 16.2. The van der Waals surface area contributed by atoms with Crippen LogP contribution >= 0.6 is 0 Å². The summed E-state index contributed by atoms with van der Waals surface area (Å²) in [5.74, 6) is 0.788. The third kappa shape index (κ3) is 3.57. The van der Waals surface area contributed by atoms with Gasteiger partial charge in [-0.2, -0.15) is 0 Å². The van der Waals surface area contributed by atoms with Gasteiger partial charge in [0.2, 0.25) is 5.95 Å². The van der Waals surface area contributed by atoms with E-state index in [1.165, 1.54) is 50.6 Å². The van der Waals surface area contributed by atoms with Crippen molar-refractivity contribution in [2.45, 2.75) is 63.6 Å². The van der Waals surface area contributed by atoms with E-state index in [2.05, 4.69) is 33.7 Å². The topological polar surface area (TPSA) is 35.5 Å². The van der Waals surface area contributed by atoms with E-state index in [4.69, 9.17) is 0 Å². The summed E-state index contributed by atoms with van der Waals surface area (Å²) in [7, 11) is 6.25. The number of aromatic nitrogens is 2. The van der Waals surface area contributed by atoms with Gasteiger partial charge in [0.1, 0.15) is 0 Å². The lowest BCUT2D eigenvalue weighted by Gasteiger charge is -2.41. The van der Waals surface area contributed by atoms with Crippen molar-refractivity contribution in [1.82, 2.24) is 19.8 Å². The van der Waals surface area contributed by atoms with Crippen LogP contribution in [0.5, 0.6) is 0 Å². The van der Waals surface area contributed by atoms with Crippen molar-refractivity contribution in [1.29, 1.82) is 0 Å². The first-order valence-electron chi connectivity index (χ1n) is 9.47. The summed E-state index contributed by atoms with van der Waals surface area (Å²) >= 11 is 0. The van der Waals surface area contributed by atoms with E-state index in [0.717, 1.165) is 19.0 Å². The maximum Gasteiger partial charge on any atom is 0.224 e. The van der Waals surface area contributed by atoms with Gasteiger partial charge >= 0.3 is 0 Å². The SMILES string of the molecule is CCN(C)[C@H]1CN(Cc2cnc(N(C)C)nc2)C2(CCCCC2)C1. The van der Waals surface area contributed by atoms with Crippen LogP contribution in [0.2, 0.25) is 0 Å². The molecular formula is C19H33N5. The Labute approximate surface area is 147 Å². The monoisotopic (exact) mass is 331 g/mol. The van der Waals surface area contributed by atoms with E-state index in [1.54, 1.807) is 0 Å². The molecule has 0 radical (unpaired) electrons. The molecule has 3 rings (SSSR count). The second-order valence-electron chi connectivity index (χ2n) is 7.88. The van der Waals surface area contributed by atoms with Gasteiger partial charge < -0.3 is 9.80 Å². The minimum atomic E-state index is 0.409. The van der Waals surface area contributed by atoms with E-state index in [0.29, 0.717) is 11.6 Å². The zero-order valence-electron chi connectivity index (χ0n) is 15.8. The maximum absolute atomic E-state index is 4.50. The first-order valence-corrected chi connectivity index (χ1v) is 9.47. The van der Waals surface area contributed by atoms with Gasteiger partial charge in [0.05, 0.1) is 0 Å². The molecule has 24 heavy (non-hydrogen) atoms. The van der Waals surface area contributed by atoms with E-state index < -0.39 is 0 Å². The van der Waals surface area contributed by atoms with Crippen LogP contribution in [0.3, 0.4) is 0 Å². The largest absolute Gasteiger partial charge is 0.347 e. The third-order valence-corrected chi connectivity index (χ3v) is 6.09. The lowest BCUT2D eigenvalue weighted by atomic mass is 9.79. The van der Waals surface area contributed by atoms with Gasteiger partial charge in [0.25, 0.3) is 0 Å². The highest BCUT2D eigenvalue weighted by molar-refractivity contribution is 5.26. The molecule has 1 spiro atoms. The zero-order chi connectivity index (χ0) is 17.2. The molecule has 5 heteroatoms. The van der Waals surface area contributed by atoms with Crippen molar-refractivity contribution in [2.75, 3.05) is 39.1 Å². The number of likely N-dealkylation sites (tertiary alicyclic amines) is 1. The first-order chi connectivity index (χ1) is 11.5. The Hall–Kier alpha value is -1.20. The Morgan fingerprint density at radius 3 is 2.38 bits per heavy atom. The molecule has 0 aromatic carbocycles. The maximum atomic E-state index is 4.50. The Balaban J connectivity index is 1.75. The highest BCUT2D eigenvalue weighted by Gasteiger charge is 2.46. The number of rotatable bonds is 5. The quantitative estimate of drug-likeness (QED) is 0.829. The molecule has 0 unspecified atom stereocenters. The summed E-state index contributed by atoms with van der Waals surface area (Å²) < 4.78 is 0. The molecule has 5 nitrogen and oxygen atoms in total. The van der Waals surface area contributed by atoms with Crippen LogP contribution in [-0.2, 0) is 6.54 Å². The zero-order valence-corrected chi connectivity index (χ0v) is 15.8. The van der Waals surface area contributed by atoms with Crippen LogP contribution in [0.15, 0.2) is 12.4 Å². The van der Waals surface area contributed by atoms with Gasteiger partial charge in [-0.05, 0) is 32.9 Å². The highest BCUT2D eigenvalue weighted by Crippen LogP contribution is 2.43. The molecule has 2 fully saturated rings. The number of likely N-dealkylation sites (N-methyl/N-ethyl adjacent to an activating group) is 1. The van der Waals surface area contributed by atoms with Crippen LogP contribution in [0, 0.1) is 0 Å². The molecule has 0 amide bonds. The molecule has 1 aromatic rings. The second-order valence-corrected chi connectivity index (χ2v) is 7.88. The molecule has 1 saturated heterocycles. The minimum Gasteiger partial charge on any atom is -0.347 e. The smallest absolute Gasteiger partial charge is 0.224 e. The van der Waals surface area contributed by atoms with Crippen molar-refractivity contribution < 1.29 is 0 Å². The Morgan fingerprint density at radius 1 is 1.12 bits per heavy atom. The Bertz CT molecular complexity index is 521. The van der Waals surface area contributed by atoms with Crippen molar-refractivity contribution in [3.05, 3.63) is 18.0 Å². The predicted molar refractivity (Wildman–Crippen MR) is 99.3 cm³/mol. The molecule has 134 valence electrons. The fourth-order valence-electron chi connectivity index (χ4n) is 4.48. The summed E-state index contributed by atoms with van der Waals surface area (Å²) in [6.07, 6.45) is 12.2. The number of anilines is 1. The van der Waals surface area contributed by atoms with Gasteiger partial charge in [0, 0.05) is 56.7 Å². The Morgan fingerprint density at radius 2 is 1.79 bits per heavy atom. The van der Waals surface area contributed by atoms with E-state index in [-0.39, 0.29) is 0 Å². The van der Waals surface area contributed by atoms with Gasteiger partial charge in [-0.1, -0.05) is 26.2 Å². The fourth-order valence-corrected chi connectivity index (χ4v) is 4.48. The number of hydrogen-bond acceptors (Lipinski definition) is 5. The average Bonchev–Trinajstić information content (AvgIpc) is 2.93. The van der Waals surface area contributed by atoms with Gasteiger partial charge in [0.15, 0.2) is 0 Å². The molecule has 1 aliphatic carbocycles. The molecule has 0 bridgehead atoms. The fraction of sp³-hybridized carbons (Fsp3) is 0.789. The van der Waals surface area contributed by atoms with Gasteiger partial charge in [-0.25, -0.2) is 9.97 Å². The molecule has 2 aliphatic rings. The van der Waals surface area contributed by atoms with Gasteiger partial charge in [-0.15, -0.1) is 0 Å². The van der Waals surface area contributed by atoms with Gasteiger partial charge in [-0.3, -0.25) is 4.90 Å². The lowest BCUT2D eigenvalue weighted by molar-refractivity contribution is 0.0857. The molecule has 1 saturated carbocycles. The molecule has 1 atom stereocenters. The standard InChI is InChI=1S/C19H33N5/c1-5-23(4)17-11-19(9-7-6-8-10-19)24(15-17)14-16-12-20-18(21-13-16)22(2)3/h12-13,17H,5-11,14-15H2,1-4H3/t17-/m1/s1. The molecule has 1 aliphatic heterocycles. The van der Waals surface area contributed by atoms with E-state index >= 15 is 0 Å². The van der Waals surface area contributed by atoms with Crippen LogP contribution < -0.4 is 4.90 Å². The molecule has 1 aromatic heterocycles. The summed E-state index contributed by atoms with van der Waals surface area (Å²) in [6.45, 7) is 5.57. The first kappa shape index (κ1) is 17.6. The van der Waals surface area contributed by atoms with Crippen LogP contribution in [0.25, 0.3) is 0 Å². The molecule has 2 heterocycles. The van der Waals surface area contributed by atoms with Crippen LogP contribution in [-0.4, -0.2) is 65.6 Å². The van der Waals surface area contributed by atoms with Crippen LogP contribution in [0.1, 0.15) is 51.0 Å². The van der Waals surface area contributed by atoms with Crippen molar-refractivity contribution in [3.63, 3.8) is 0 Å². The average molecular weight is 332 g/mol. The van der Waals surface area contributed by atoms with E-state index in [9.17, 15) is 0 Å². The summed E-state index contributed by atoms with van der Waals surface area (Å²) in [5, 5.41) is 0. The van der Waals surface area contributed by atoms with E-state index in [1.807, 2.05) is 31.4 Å². The van der Waals surface area contributed by atoms with Crippen LogP contribution in [0.4, 0.5) is 5.95 Å². The van der Waals surface area contributed by atoms with Crippen molar-refractivity contribution in [2.24, 2.45) is 0 Å². The lowest BCUT2D eigenvalue weighted by Crippen LogP contribution is -2.44.